The van der Waals surface area contributed by atoms with E-state index in [4.69, 9.17) is 4.98 Å². The number of hydrogen-bond acceptors (Lipinski definition) is 2. The molecular formula is C24H21F2N3O. The van der Waals surface area contributed by atoms with Gasteiger partial charge in [-0.15, -0.1) is 0 Å². The van der Waals surface area contributed by atoms with Crippen molar-refractivity contribution in [1.82, 2.24) is 9.38 Å². The third kappa shape index (κ3) is 3.81. The molecule has 0 spiro atoms. The van der Waals surface area contributed by atoms with E-state index in [1.54, 1.807) is 0 Å². The summed E-state index contributed by atoms with van der Waals surface area (Å²) in [5.41, 5.74) is 6.36. The number of rotatable bonds is 4. The first kappa shape index (κ1) is 19.8. The summed E-state index contributed by atoms with van der Waals surface area (Å²) < 4.78 is 28.9. The fourth-order valence-corrected chi connectivity index (χ4v) is 3.42. The Kier molecular flexibility index (Phi) is 5.08. The van der Waals surface area contributed by atoms with E-state index in [-0.39, 0.29) is 12.1 Å². The average Bonchev–Trinajstić information content (AvgIpc) is 3.03. The van der Waals surface area contributed by atoms with Gasteiger partial charge in [0.25, 0.3) is 0 Å². The number of carbonyl (C=O) groups is 1. The maximum Gasteiger partial charge on any atom is 0.230 e. The highest BCUT2D eigenvalue weighted by atomic mass is 19.1. The third-order valence-corrected chi connectivity index (χ3v) is 5.19. The molecule has 0 aliphatic carbocycles. The molecule has 2 aromatic carbocycles. The van der Waals surface area contributed by atoms with Crippen molar-refractivity contribution in [2.45, 2.75) is 27.2 Å². The van der Waals surface area contributed by atoms with Gasteiger partial charge in [-0.1, -0.05) is 12.1 Å². The van der Waals surface area contributed by atoms with Crippen LogP contribution >= 0.6 is 0 Å². The lowest BCUT2D eigenvalue weighted by Crippen LogP contribution is -2.17. The van der Waals surface area contributed by atoms with Crippen LogP contribution in [0.3, 0.4) is 0 Å². The van der Waals surface area contributed by atoms with Gasteiger partial charge in [-0.05, 0) is 67.8 Å². The molecule has 4 rings (SSSR count). The van der Waals surface area contributed by atoms with Crippen molar-refractivity contribution in [3.8, 4) is 11.3 Å². The first-order chi connectivity index (χ1) is 14.3. The van der Waals surface area contributed by atoms with Crippen molar-refractivity contribution in [3.05, 3.63) is 88.7 Å². The number of aryl methyl sites for hydroxylation is 3. The van der Waals surface area contributed by atoms with Crippen molar-refractivity contribution in [2.24, 2.45) is 0 Å². The highest BCUT2D eigenvalue weighted by Crippen LogP contribution is 2.27. The standard InChI is InChI=1S/C24H21F2N3O/c1-14-8-9-29-21(13-23(30)27-20-7-6-18(25)12-19(20)26)24(28-22(29)10-14)17-5-4-15(2)16(3)11-17/h4-12H,13H2,1-3H3,(H,27,30). The topological polar surface area (TPSA) is 46.4 Å². The minimum Gasteiger partial charge on any atom is -0.323 e. The first-order valence-electron chi connectivity index (χ1n) is 9.62. The summed E-state index contributed by atoms with van der Waals surface area (Å²) in [5.74, 6) is -1.92. The summed E-state index contributed by atoms with van der Waals surface area (Å²) in [5, 5.41) is 2.53. The molecule has 2 heterocycles. The zero-order chi connectivity index (χ0) is 21.4. The van der Waals surface area contributed by atoms with Gasteiger partial charge in [0.15, 0.2) is 0 Å². The van der Waals surface area contributed by atoms with E-state index in [0.717, 1.165) is 34.5 Å². The Balaban J connectivity index is 1.74. The molecule has 0 aliphatic heterocycles. The number of nitrogens with zero attached hydrogens (tertiary/aromatic N) is 2. The first-order valence-corrected chi connectivity index (χ1v) is 9.62. The Morgan fingerprint density at radius 3 is 2.53 bits per heavy atom. The molecule has 0 saturated carbocycles. The van der Waals surface area contributed by atoms with Crippen LogP contribution in [0.5, 0.6) is 0 Å². The van der Waals surface area contributed by atoms with E-state index in [2.05, 4.69) is 5.32 Å². The number of fused-ring (bicyclic) bond motifs is 1. The van der Waals surface area contributed by atoms with Crippen LogP contribution in [-0.4, -0.2) is 15.3 Å². The molecule has 30 heavy (non-hydrogen) atoms. The fourth-order valence-electron chi connectivity index (χ4n) is 3.42. The normalized spacial score (nSPS) is 11.1. The van der Waals surface area contributed by atoms with Gasteiger partial charge < -0.3 is 9.72 Å². The smallest absolute Gasteiger partial charge is 0.230 e. The summed E-state index contributed by atoms with van der Waals surface area (Å²) in [4.78, 5) is 17.5. The van der Waals surface area contributed by atoms with Crippen LogP contribution in [0.4, 0.5) is 14.5 Å². The van der Waals surface area contributed by atoms with Crippen molar-refractivity contribution in [3.63, 3.8) is 0 Å². The molecule has 0 atom stereocenters. The molecule has 0 fully saturated rings. The Morgan fingerprint density at radius 1 is 1.00 bits per heavy atom. The zero-order valence-corrected chi connectivity index (χ0v) is 17.0. The number of carbonyl (C=O) groups excluding carboxylic acids is 1. The Hall–Kier alpha value is -3.54. The van der Waals surface area contributed by atoms with Gasteiger partial charge in [0.05, 0.1) is 23.5 Å². The maximum atomic E-state index is 13.9. The number of benzene rings is 2. The van der Waals surface area contributed by atoms with Gasteiger partial charge in [-0.2, -0.15) is 0 Å². The van der Waals surface area contributed by atoms with E-state index in [1.807, 2.05) is 61.7 Å². The zero-order valence-electron chi connectivity index (χ0n) is 17.0. The number of pyridine rings is 1. The van der Waals surface area contributed by atoms with E-state index in [0.29, 0.717) is 11.4 Å². The van der Waals surface area contributed by atoms with Gasteiger partial charge >= 0.3 is 0 Å². The van der Waals surface area contributed by atoms with E-state index in [9.17, 15) is 13.6 Å². The summed E-state index contributed by atoms with van der Waals surface area (Å²) in [7, 11) is 0. The van der Waals surface area contributed by atoms with E-state index < -0.39 is 17.5 Å². The number of nitrogens with one attached hydrogen (secondary N) is 1. The summed E-state index contributed by atoms with van der Waals surface area (Å²) in [6.45, 7) is 6.05. The van der Waals surface area contributed by atoms with Gasteiger partial charge in [-0.3, -0.25) is 4.79 Å². The Bertz CT molecular complexity index is 1280. The van der Waals surface area contributed by atoms with E-state index >= 15 is 0 Å². The van der Waals surface area contributed by atoms with Gasteiger partial charge in [-0.25, -0.2) is 13.8 Å². The van der Waals surface area contributed by atoms with Gasteiger partial charge in [0, 0.05) is 17.8 Å². The van der Waals surface area contributed by atoms with Crippen LogP contribution in [0.1, 0.15) is 22.4 Å². The molecule has 1 N–H and O–H groups in total. The minimum absolute atomic E-state index is 0.0106. The van der Waals surface area contributed by atoms with Gasteiger partial charge in [0.1, 0.15) is 17.3 Å². The maximum absolute atomic E-state index is 13.9. The highest BCUT2D eigenvalue weighted by molar-refractivity contribution is 5.93. The SMILES string of the molecule is Cc1ccn2c(CC(=O)Nc3ccc(F)cc3F)c(-c3ccc(C)c(C)c3)nc2c1. The number of hydrogen-bond donors (Lipinski definition) is 1. The highest BCUT2D eigenvalue weighted by Gasteiger charge is 2.18. The van der Waals surface area contributed by atoms with Crippen LogP contribution in [0.15, 0.2) is 54.7 Å². The molecule has 4 aromatic rings. The van der Waals surface area contributed by atoms with Crippen LogP contribution in [0, 0.1) is 32.4 Å². The lowest BCUT2D eigenvalue weighted by atomic mass is 10.0. The molecule has 0 radical (unpaired) electrons. The van der Waals surface area contributed by atoms with Crippen molar-refractivity contribution >= 4 is 17.2 Å². The largest absolute Gasteiger partial charge is 0.323 e. The van der Waals surface area contributed by atoms with Crippen LogP contribution in [0.25, 0.3) is 16.9 Å². The molecule has 0 saturated heterocycles. The Labute approximate surface area is 173 Å². The Morgan fingerprint density at radius 2 is 1.80 bits per heavy atom. The molecule has 2 aromatic heterocycles. The molecular weight excluding hydrogens is 384 g/mol. The van der Waals surface area contributed by atoms with Crippen molar-refractivity contribution in [1.29, 1.82) is 0 Å². The fraction of sp³-hybridized carbons (Fsp3) is 0.167. The second kappa shape index (κ2) is 7.71. The number of imidazole rings is 1. The van der Waals surface area contributed by atoms with Gasteiger partial charge in [0.2, 0.25) is 5.91 Å². The van der Waals surface area contributed by atoms with Crippen LogP contribution in [-0.2, 0) is 11.2 Å². The van der Waals surface area contributed by atoms with Crippen molar-refractivity contribution in [2.75, 3.05) is 5.32 Å². The minimum atomic E-state index is -0.813. The summed E-state index contributed by atoms with van der Waals surface area (Å²) in [6.07, 6.45) is 1.87. The second-order valence-electron chi connectivity index (χ2n) is 7.49. The summed E-state index contributed by atoms with van der Waals surface area (Å²) in [6, 6.07) is 13.0. The van der Waals surface area contributed by atoms with Crippen LogP contribution < -0.4 is 5.32 Å². The monoisotopic (exact) mass is 405 g/mol. The third-order valence-electron chi connectivity index (χ3n) is 5.19. The predicted molar refractivity (Wildman–Crippen MR) is 114 cm³/mol. The second-order valence-corrected chi connectivity index (χ2v) is 7.49. The number of aromatic nitrogens is 2. The molecule has 152 valence electrons. The van der Waals surface area contributed by atoms with Crippen LogP contribution in [0.2, 0.25) is 0 Å². The van der Waals surface area contributed by atoms with Crippen molar-refractivity contribution < 1.29 is 13.6 Å². The summed E-state index contributed by atoms with van der Waals surface area (Å²) >= 11 is 0. The lowest BCUT2D eigenvalue weighted by Gasteiger charge is -2.09. The molecule has 1 amide bonds. The molecule has 0 unspecified atom stereocenters. The molecule has 0 bridgehead atoms. The molecule has 4 nitrogen and oxygen atoms in total. The number of halogens is 2. The average molecular weight is 405 g/mol. The number of amides is 1. The predicted octanol–water partition coefficient (Wildman–Crippen LogP) is 5.39. The molecule has 0 aliphatic rings. The van der Waals surface area contributed by atoms with E-state index in [1.165, 1.54) is 11.6 Å². The quantitative estimate of drug-likeness (QED) is 0.495. The molecule has 6 heteroatoms. The number of anilines is 1. The lowest BCUT2D eigenvalue weighted by molar-refractivity contribution is -0.115.